The van der Waals surface area contributed by atoms with Crippen molar-refractivity contribution in [3.63, 3.8) is 0 Å². The SMILES string of the molecule is Cc1ccc2c(c1)c1c(n2CCc2ccccc2)CCNC1C. The molecule has 3 aromatic rings. The maximum absolute atomic E-state index is 3.62. The minimum Gasteiger partial charge on any atom is -0.344 e. The maximum Gasteiger partial charge on any atom is 0.0486 e. The molecule has 0 bridgehead atoms. The van der Waals surface area contributed by atoms with E-state index in [1.807, 2.05) is 0 Å². The van der Waals surface area contributed by atoms with E-state index in [1.54, 1.807) is 0 Å². The molecule has 23 heavy (non-hydrogen) atoms. The molecule has 0 spiro atoms. The van der Waals surface area contributed by atoms with E-state index in [4.69, 9.17) is 0 Å². The third kappa shape index (κ3) is 2.57. The van der Waals surface area contributed by atoms with Crippen molar-refractivity contribution in [3.05, 3.63) is 70.9 Å². The summed E-state index contributed by atoms with van der Waals surface area (Å²) in [6.07, 6.45) is 2.22. The van der Waals surface area contributed by atoms with Crippen molar-refractivity contribution < 1.29 is 0 Å². The van der Waals surface area contributed by atoms with Crippen LogP contribution in [0.1, 0.15) is 35.3 Å². The van der Waals surface area contributed by atoms with Gasteiger partial charge in [-0.3, -0.25) is 0 Å². The molecule has 2 heteroatoms. The second-order valence-electron chi connectivity index (χ2n) is 6.69. The molecule has 1 unspecified atom stereocenters. The summed E-state index contributed by atoms with van der Waals surface area (Å²) in [5.74, 6) is 0. The van der Waals surface area contributed by atoms with Gasteiger partial charge in [-0.15, -0.1) is 0 Å². The van der Waals surface area contributed by atoms with Crippen molar-refractivity contribution in [3.8, 4) is 0 Å². The highest BCUT2D eigenvalue weighted by Gasteiger charge is 2.24. The predicted octanol–water partition coefficient (Wildman–Crippen LogP) is 4.40. The van der Waals surface area contributed by atoms with Crippen molar-refractivity contribution >= 4 is 10.9 Å². The van der Waals surface area contributed by atoms with E-state index in [1.165, 1.54) is 33.3 Å². The Balaban J connectivity index is 1.79. The summed E-state index contributed by atoms with van der Waals surface area (Å²) in [7, 11) is 0. The Bertz CT molecular complexity index is 830. The minimum atomic E-state index is 0.445. The Morgan fingerprint density at radius 3 is 2.78 bits per heavy atom. The number of aryl methyl sites for hydroxylation is 3. The number of hydrogen-bond acceptors (Lipinski definition) is 1. The third-order valence-electron chi connectivity index (χ3n) is 5.08. The quantitative estimate of drug-likeness (QED) is 0.759. The van der Waals surface area contributed by atoms with Crippen molar-refractivity contribution in [2.24, 2.45) is 0 Å². The Morgan fingerprint density at radius 2 is 1.96 bits per heavy atom. The first-order valence-corrected chi connectivity index (χ1v) is 8.63. The standard InChI is InChI=1S/C21H24N2/c1-15-8-9-19-18(14-15)21-16(2)22-12-10-20(21)23(19)13-11-17-6-4-3-5-7-17/h3-9,14,16,22H,10-13H2,1-2H3. The van der Waals surface area contributed by atoms with Gasteiger partial charge in [0.05, 0.1) is 0 Å². The van der Waals surface area contributed by atoms with Crippen LogP contribution >= 0.6 is 0 Å². The van der Waals surface area contributed by atoms with Crippen LogP contribution in [0.15, 0.2) is 48.5 Å². The topological polar surface area (TPSA) is 17.0 Å². The van der Waals surface area contributed by atoms with Crippen LogP contribution in [0.5, 0.6) is 0 Å². The van der Waals surface area contributed by atoms with Crippen molar-refractivity contribution in [2.75, 3.05) is 6.54 Å². The van der Waals surface area contributed by atoms with Crippen molar-refractivity contribution in [2.45, 2.75) is 39.3 Å². The predicted molar refractivity (Wildman–Crippen MR) is 96.9 cm³/mol. The molecule has 118 valence electrons. The fourth-order valence-electron chi connectivity index (χ4n) is 3.95. The average molecular weight is 304 g/mol. The van der Waals surface area contributed by atoms with Gasteiger partial charge in [-0.1, -0.05) is 42.0 Å². The molecular weight excluding hydrogens is 280 g/mol. The van der Waals surface area contributed by atoms with Crippen molar-refractivity contribution in [1.29, 1.82) is 0 Å². The van der Waals surface area contributed by atoms with Crippen LogP contribution in [-0.2, 0) is 19.4 Å². The molecule has 0 aliphatic carbocycles. The molecule has 0 fully saturated rings. The molecule has 2 nitrogen and oxygen atoms in total. The van der Waals surface area contributed by atoms with Gasteiger partial charge in [-0.2, -0.15) is 0 Å². The fraction of sp³-hybridized carbons (Fsp3) is 0.333. The van der Waals surface area contributed by atoms with Gasteiger partial charge in [-0.05, 0) is 43.5 Å². The molecule has 1 aliphatic heterocycles. The van der Waals surface area contributed by atoms with E-state index >= 15 is 0 Å². The lowest BCUT2D eigenvalue weighted by molar-refractivity contribution is 0.521. The molecule has 1 N–H and O–H groups in total. The van der Waals surface area contributed by atoms with E-state index in [9.17, 15) is 0 Å². The van der Waals surface area contributed by atoms with Gasteiger partial charge in [-0.25, -0.2) is 0 Å². The Hall–Kier alpha value is -2.06. The summed E-state index contributed by atoms with van der Waals surface area (Å²) in [5, 5.41) is 5.06. The van der Waals surface area contributed by atoms with Gasteiger partial charge in [0.15, 0.2) is 0 Å². The third-order valence-corrected chi connectivity index (χ3v) is 5.08. The van der Waals surface area contributed by atoms with Gasteiger partial charge in [0.25, 0.3) is 0 Å². The van der Waals surface area contributed by atoms with E-state index < -0.39 is 0 Å². The second-order valence-corrected chi connectivity index (χ2v) is 6.69. The molecule has 0 amide bonds. The average Bonchev–Trinajstić information content (AvgIpc) is 2.88. The van der Waals surface area contributed by atoms with Crippen LogP contribution in [0.3, 0.4) is 0 Å². The first kappa shape index (κ1) is 14.5. The summed E-state index contributed by atoms with van der Waals surface area (Å²) < 4.78 is 2.56. The minimum absolute atomic E-state index is 0.445. The van der Waals surface area contributed by atoms with E-state index in [0.29, 0.717) is 6.04 Å². The summed E-state index contributed by atoms with van der Waals surface area (Å²) in [6, 6.07) is 18.2. The number of rotatable bonds is 3. The first-order chi connectivity index (χ1) is 11.2. The lowest BCUT2D eigenvalue weighted by atomic mass is 9.98. The molecule has 1 aromatic heterocycles. The van der Waals surface area contributed by atoms with E-state index in [0.717, 1.165) is 25.9 Å². The smallest absolute Gasteiger partial charge is 0.0486 e. The highest BCUT2D eigenvalue weighted by molar-refractivity contribution is 5.87. The molecule has 1 atom stereocenters. The Morgan fingerprint density at radius 1 is 1.13 bits per heavy atom. The zero-order chi connectivity index (χ0) is 15.8. The largest absolute Gasteiger partial charge is 0.344 e. The van der Waals surface area contributed by atoms with Gasteiger partial charge >= 0.3 is 0 Å². The molecule has 0 radical (unpaired) electrons. The molecule has 2 aromatic carbocycles. The molecule has 0 saturated carbocycles. The summed E-state index contributed by atoms with van der Waals surface area (Å²) in [4.78, 5) is 0. The van der Waals surface area contributed by atoms with Gasteiger partial charge in [0, 0.05) is 42.1 Å². The second kappa shape index (κ2) is 5.86. The number of nitrogens with zero attached hydrogens (tertiary/aromatic N) is 1. The molecular formula is C21H24N2. The highest BCUT2D eigenvalue weighted by Crippen LogP contribution is 2.34. The summed E-state index contributed by atoms with van der Waals surface area (Å²) in [5.41, 5.74) is 7.21. The Kier molecular flexibility index (Phi) is 3.70. The molecule has 2 heterocycles. The lowest BCUT2D eigenvalue weighted by Crippen LogP contribution is -2.28. The van der Waals surface area contributed by atoms with Gasteiger partial charge in [0.2, 0.25) is 0 Å². The molecule has 0 saturated heterocycles. The normalized spacial score (nSPS) is 17.4. The van der Waals surface area contributed by atoms with Crippen LogP contribution in [-0.4, -0.2) is 11.1 Å². The number of hydrogen-bond donors (Lipinski definition) is 1. The lowest BCUT2D eigenvalue weighted by Gasteiger charge is -2.23. The Labute approximate surface area is 138 Å². The van der Waals surface area contributed by atoms with Gasteiger partial charge in [0.1, 0.15) is 0 Å². The fourth-order valence-corrected chi connectivity index (χ4v) is 3.95. The summed E-state index contributed by atoms with van der Waals surface area (Å²) >= 11 is 0. The highest BCUT2D eigenvalue weighted by atomic mass is 15.0. The van der Waals surface area contributed by atoms with Crippen LogP contribution in [0, 0.1) is 6.92 Å². The molecule has 4 rings (SSSR count). The van der Waals surface area contributed by atoms with E-state index in [-0.39, 0.29) is 0 Å². The van der Waals surface area contributed by atoms with Crippen LogP contribution in [0.2, 0.25) is 0 Å². The number of benzene rings is 2. The number of fused-ring (bicyclic) bond motifs is 3. The zero-order valence-electron chi connectivity index (χ0n) is 14.0. The van der Waals surface area contributed by atoms with Crippen LogP contribution in [0.25, 0.3) is 10.9 Å². The number of aromatic nitrogens is 1. The first-order valence-electron chi connectivity index (χ1n) is 8.63. The van der Waals surface area contributed by atoms with Gasteiger partial charge < -0.3 is 9.88 Å². The van der Waals surface area contributed by atoms with Crippen LogP contribution in [0.4, 0.5) is 0 Å². The number of nitrogens with one attached hydrogen (secondary N) is 1. The van der Waals surface area contributed by atoms with E-state index in [2.05, 4.69) is 72.3 Å². The monoisotopic (exact) mass is 304 g/mol. The van der Waals surface area contributed by atoms with Crippen LogP contribution < -0.4 is 5.32 Å². The zero-order valence-corrected chi connectivity index (χ0v) is 14.0. The molecule has 1 aliphatic rings. The maximum atomic E-state index is 3.62. The van der Waals surface area contributed by atoms with Crippen molar-refractivity contribution in [1.82, 2.24) is 9.88 Å². The summed E-state index contributed by atoms with van der Waals surface area (Å²) in [6.45, 7) is 6.62.